The van der Waals surface area contributed by atoms with Gasteiger partial charge in [0.1, 0.15) is 51.0 Å². The predicted octanol–water partition coefficient (Wildman–Crippen LogP) is 16.8. The molecular formula is C101H114F4N18O9S4. The zero-order chi connectivity index (χ0) is 95.1. The Morgan fingerprint density at radius 1 is 0.397 bits per heavy atom. The number of fused-ring (bicyclic) bond motifs is 3. The van der Waals surface area contributed by atoms with Crippen LogP contribution in [-0.2, 0) is 74.2 Å². The number of anilines is 12. The van der Waals surface area contributed by atoms with E-state index in [1.54, 1.807) is 144 Å². The normalized spacial score (nSPS) is 15.5. The third-order valence-corrected chi connectivity index (χ3v) is 30.3. The van der Waals surface area contributed by atoms with E-state index in [0.717, 1.165) is 186 Å². The molecule has 3 fully saturated rings. The van der Waals surface area contributed by atoms with Crippen molar-refractivity contribution >= 4 is 130 Å². The molecule has 6 aliphatic rings. The van der Waals surface area contributed by atoms with E-state index in [1.165, 1.54) is 111 Å². The lowest BCUT2D eigenvalue weighted by Crippen LogP contribution is -2.47. The number of carbonyl (C=O) groups excluding carboxylic acids is 3. The number of nitrogens with one attached hydrogen (secondary N) is 6. The van der Waals surface area contributed by atoms with Crippen molar-refractivity contribution in [1.82, 2.24) is 43.4 Å². The molecular weight excluding hydrogens is 1810 g/mol. The maximum atomic E-state index is 15.9. The van der Waals surface area contributed by atoms with Crippen molar-refractivity contribution in [3.63, 3.8) is 0 Å². The number of amides is 3. The second-order valence-corrected chi connectivity index (χ2v) is 40.9. The highest BCUT2D eigenvalue weighted by atomic mass is 32.2. The number of piperazine rings is 3. The lowest BCUT2D eigenvalue weighted by Gasteiger charge is -2.35. The largest absolute Gasteiger partial charge is 0.383 e. The lowest BCUT2D eigenvalue weighted by molar-refractivity contribution is 0.102. The van der Waals surface area contributed by atoms with Crippen molar-refractivity contribution in [2.24, 2.45) is 21.1 Å². The number of aromatic nitrogens is 6. The number of ether oxygens (including phenoxy) is 1. The number of pyridine rings is 6. The van der Waals surface area contributed by atoms with Gasteiger partial charge in [-0.15, -0.1) is 34.0 Å². The summed E-state index contributed by atoms with van der Waals surface area (Å²) in [7, 11) is 3.57. The first-order valence-corrected chi connectivity index (χ1v) is 50.9. The van der Waals surface area contributed by atoms with Gasteiger partial charge in [0.15, 0.2) is 17.5 Å². The van der Waals surface area contributed by atoms with E-state index in [4.69, 9.17) is 4.74 Å². The van der Waals surface area contributed by atoms with Crippen LogP contribution in [0.25, 0.3) is 33.4 Å². The fraction of sp³-hybridized carbons (Fsp3) is 0.376. The Morgan fingerprint density at radius 2 is 0.706 bits per heavy atom. The number of nitrogens with zero attached hydrogens (tertiary/aromatic N) is 12. The van der Waals surface area contributed by atoms with Crippen molar-refractivity contribution in [1.29, 1.82) is 0 Å². The van der Waals surface area contributed by atoms with Gasteiger partial charge in [-0.25, -0.2) is 40.9 Å². The van der Waals surface area contributed by atoms with Crippen LogP contribution in [0.3, 0.4) is 0 Å². The second-order valence-electron chi connectivity index (χ2n) is 35.3. The molecule has 6 N–H and O–H groups in total. The van der Waals surface area contributed by atoms with Crippen LogP contribution < -0.4 is 63.3 Å². The van der Waals surface area contributed by atoms with Crippen LogP contribution in [0.5, 0.6) is 0 Å². The highest BCUT2D eigenvalue weighted by Crippen LogP contribution is 2.39. The molecule has 0 saturated carbocycles. The van der Waals surface area contributed by atoms with Crippen LogP contribution in [0.15, 0.2) is 179 Å². The summed E-state index contributed by atoms with van der Waals surface area (Å²) in [5, 5.41) is 17.6. The number of hydrogen-bond donors (Lipinski definition) is 6. The van der Waals surface area contributed by atoms with Gasteiger partial charge in [-0.1, -0.05) is 55.7 Å². The fourth-order valence-corrected chi connectivity index (χ4v) is 22.0. The van der Waals surface area contributed by atoms with Crippen molar-refractivity contribution in [3.05, 3.63) is 259 Å². The minimum Gasteiger partial charge on any atom is -0.383 e. The van der Waals surface area contributed by atoms with Crippen molar-refractivity contribution < 1.29 is 45.1 Å². The summed E-state index contributed by atoms with van der Waals surface area (Å²) in [4.78, 5) is 111. The Kier molecular flexibility index (Phi) is 31.9. The van der Waals surface area contributed by atoms with E-state index >= 15 is 13.2 Å². The highest BCUT2D eigenvalue weighted by Gasteiger charge is 2.28. The summed E-state index contributed by atoms with van der Waals surface area (Å²) < 4.78 is 92.6. The number of carbonyl (C=O) groups is 3. The van der Waals surface area contributed by atoms with Crippen molar-refractivity contribution in [2.45, 2.75) is 96.3 Å². The molecule has 27 nitrogen and oxygen atoms in total. The van der Waals surface area contributed by atoms with Crippen LogP contribution in [0, 0.1) is 17.5 Å². The molecule has 3 amide bonds. The van der Waals surface area contributed by atoms with Gasteiger partial charge in [-0.05, 0) is 185 Å². The minimum atomic E-state index is -2.99. The smallest absolute Gasteiger partial charge is 0.274 e. The molecule has 12 heterocycles. The average Bonchev–Trinajstić information content (AvgIpc) is 1.35. The number of alkyl halides is 1. The van der Waals surface area contributed by atoms with Gasteiger partial charge < -0.3 is 65.0 Å². The molecule has 18 rings (SSSR count). The number of aryl methyl sites for hydroxylation is 9. The van der Waals surface area contributed by atoms with Crippen LogP contribution in [0.2, 0.25) is 0 Å². The number of hydrogen-bond acceptors (Lipinski definition) is 24. The first-order valence-electron chi connectivity index (χ1n) is 46.4. The van der Waals surface area contributed by atoms with Crippen molar-refractivity contribution in [2.75, 3.05) is 177 Å². The molecule has 0 atom stereocenters. The number of rotatable bonds is 26. The second kappa shape index (κ2) is 44.7. The first-order chi connectivity index (χ1) is 65.8. The summed E-state index contributed by atoms with van der Waals surface area (Å²) in [5.74, 6) is -1.05. The van der Waals surface area contributed by atoms with Gasteiger partial charge in [0.05, 0.1) is 79.7 Å². The monoisotopic (exact) mass is 1930 g/mol. The maximum Gasteiger partial charge on any atom is 0.274 e. The number of sulfone groups is 1. The molecule has 9 aromatic heterocycles. The number of benzene rings is 3. The molecule has 3 aromatic carbocycles. The molecule has 0 spiro atoms. The molecule has 3 saturated heterocycles. The van der Waals surface area contributed by atoms with Gasteiger partial charge in [-0.3, -0.25) is 43.5 Å². The number of methoxy groups -OCH3 is 1. The van der Waals surface area contributed by atoms with E-state index in [1.807, 2.05) is 42.5 Å². The van der Waals surface area contributed by atoms with E-state index < -0.39 is 27.3 Å². The molecule has 0 bridgehead atoms. The zero-order valence-corrected chi connectivity index (χ0v) is 80.4. The van der Waals surface area contributed by atoms with Gasteiger partial charge in [-0.2, -0.15) is 0 Å². The zero-order valence-electron chi connectivity index (χ0n) is 77.1. The van der Waals surface area contributed by atoms with Gasteiger partial charge in [0.2, 0.25) is 0 Å². The summed E-state index contributed by atoms with van der Waals surface area (Å²) in [5.41, 5.74) is 9.01. The SMILES string of the molecule is COCCN1CCN(c2ccc(Nc3cc(-c4cccc(NC(=O)c5cc6c(s5)CCCCC6)c4F)cn(C)c3=O)nc2)CC1.Cn1cc(-c2cccc(NC(=O)c3cc4c(s3)CCCCC4)c2F)cc(Nc2ccc(N3CCN(CCF)CC3)cn2)c1=O.Cn1cc(-c2cccc(NC(=O)c3cc4c(s3)CCCCC4)c2F)cc(Nc2ccc(N3CCN(CCS(C)(=O)=O)CC3)cn2)c1=O. The predicted molar refractivity (Wildman–Crippen MR) is 538 cm³/mol. The van der Waals surface area contributed by atoms with Gasteiger partial charge in [0.25, 0.3) is 34.4 Å². The third-order valence-electron chi connectivity index (χ3n) is 25.7. The van der Waals surface area contributed by atoms with E-state index in [-0.39, 0.29) is 97.6 Å². The minimum absolute atomic E-state index is 0.0768. The summed E-state index contributed by atoms with van der Waals surface area (Å²) in [6.07, 6.45) is 27.6. The molecule has 0 radical (unpaired) electrons. The Labute approximate surface area is 800 Å². The highest BCUT2D eigenvalue weighted by molar-refractivity contribution is 7.90. The summed E-state index contributed by atoms with van der Waals surface area (Å²) in [6.45, 7) is 12.2. The summed E-state index contributed by atoms with van der Waals surface area (Å²) in [6, 6.07) is 36.6. The lowest BCUT2D eigenvalue weighted by atomic mass is 10.1. The van der Waals surface area contributed by atoms with E-state index in [0.29, 0.717) is 61.9 Å². The molecule has 714 valence electrons. The Balaban J connectivity index is 0.000000148. The van der Waals surface area contributed by atoms with E-state index in [2.05, 4.69) is 76.3 Å². The van der Waals surface area contributed by atoms with Crippen LogP contribution in [0.1, 0.15) is 118 Å². The Bertz CT molecular complexity index is 6510. The first kappa shape index (κ1) is 96.9. The van der Waals surface area contributed by atoms with Gasteiger partial charge in [0, 0.05) is 199 Å². The molecule has 3 aliphatic carbocycles. The maximum absolute atomic E-state index is 15.9. The molecule has 3 aliphatic heterocycles. The Hall–Kier alpha value is -12.2. The van der Waals surface area contributed by atoms with Crippen molar-refractivity contribution in [3.8, 4) is 33.4 Å². The van der Waals surface area contributed by atoms with E-state index in [9.17, 15) is 41.6 Å². The number of halogens is 4. The molecule has 0 unspecified atom stereocenters. The quantitative estimate of drug-likeness (QED) is 0.0217. The molecule has 136 heavy (non-hydrogen) atoms. The standard InChI is InChI=1S/C34H39FN6O4S2.C34H39FN6O3S.C33H36F2N6O2S/c1-39-22-24(26-8-6-9-27(32(26)35)38-33(42)30-20-23-7-4-3-5-10-29(23)46-30)19-28(34(39)43)37-31-12-11-25(21-36-31)41-15-13-40(14-16-41)17-18-47(2,44)45;1-39-22-24(26-8-6-9-27(32(26)35)38-33(42)30-20-23-7-4-3-5-10-29(23)45-30)19-28(34(39)43)37-31-12-11-25(21-36-31)41-15-13-40(14-16-41)17-18-44-2;1-39-21-23(18-27(33(39)43)37-30-11-10-24(20-36-30)41-16-14-40(13-12-34)15-17-41)25-7-5-8-26(31(25)35)38-32(42)29-19-22-6-3-2-4-9-28(22)44-29/h6,8-9,11-12,19-22H,3-5,7,10,13-18H2,1-2H3,(H,36,37)(H,38,42);6,8-9,11-12,19-22H,3-5,7,10,13-18H2,1-2H3,(H,36,37)(H,38,42);5,7-8,10-11,18-21H,2-4,6,9,12-17H2,1H3,(H,36,37)(H,38,42). The molecule has 35 heteroatoms. The van der Waals surface area contributed by atoms with Gasteiger partial charge >= 0.3 is 0 Å². The van der Waals surface area contributed by atoms with Crippen LogP contribution >= 0.6 is 34.0 Å². The fourth-order valence-electron chi connectivity index (χ4n) is 18.0. The molecule has 12 aromatic rings. The number of thiophene rings is 3. The van der Waals surface area contributed by atoms with Crippen LogP contribution in [0.4, 0.5) is 86.2 Å². The average molecular weight is 1930 g/mol. The van der Waals surface area contributed by atoms with Crippen LogP contribution in [-0.4, -0.2) is 200 Å². The third kappa shape index (κ3) is 24.2. The topological polar surface area (TPSA) is 291 Å². The Morgan fingerprint density at radius 3 is 1.00 bits per heavy atom. The summed E-state index contributed by atoms with van der Waals surface area (Å²) >= 11 is 4.49.